The van der Waals surface area contributed by atoms with Crippen LogP contribution in [0.1, 0.15) is 102 Å². The zero-order valence-electron chi connectivity index (χ0n) is 27.3. The van der Waals surface area contributed by atoms with Crippen LogP contribution in [0.4, 0.5) is 21.9 Å². The molecule has 3 aromatic rings. The molecule has 1 aliphatic heterocycles. The minimum absolute atomic E-state index is 0.0414. The van der Waals surface area contributed by atoms with Crippen LogP contribution in [-0.4, -0.2) is 39.3 Å². The summed E-state index contributed by atoms with van der Waals surface area (Å²) in [5, 5.41) is 10.9. The minimum atomic E-state index is -0.0414. The Morgan fingerprint density at radius 2 is 1.70 bits per heavy atom. The highest BCUT2D eigenvalue weighted by Crippen LogP contribution is 2.48. The van der Waals surface area contributed by atoms with Crippen LogP contribution in [-0.2, 0) is 6.42 Å². The lowest BCUT2D eigenvalue weighted by molar-refractivity contribution is 0.0423. The molecule has 2 saturated carbocycles. The number of nitrogens with zero attached hydrogens (tertiary/aromatic N) is 4. The smallest absolute Gasteiger partial charge is 0.349 e. The number of benzene rings is 2. The number of urea groups is 1. The highest BCUT2D eigenvalue weighted by molar-refractivity contribution is 6.14. The second kappa shape index (κ2) is 12.4. The van der Waals surface area contributed by atoms with Gasteiger partial charge in [0.25, 0.3) is 0 Å². The first-order valence-corrected chi connectivity index (χ1v) is 16.7. The van der Waals surface area contributed by atoms with Crippen molar-refractivity contribution in [2.75, 3.05) is 16.8 Å². The average molecular weight is 595 g/mol. The molecule has 2 heterocycles. The monoisotopic (exact) mass is 594 g/mol. The maximum absolute atomic E-state index is 14.9. The number of aryl methyl sites for hydroxylation is 2. The summed E-state index contributed by atoms with van der Waals surface area (Å²) in [5.41, 5.74) is 6.51. The Labute approximate surface area is 263 Å². The quantitative estimate of drug-likeness (QED) is 0.255. The van der Waals surface area contributed by atoms with Gasteiger partial charge < -0.3 is 10.3 Å². The van der Waals surface area contributed by atoms with Crippen LogP contribution in [0.2, 0.25) is 0 Å². The molecular formula is C37H50N6O. The van der Waals surface area contributed by atoms with Crippen molar-refractivity contribution in [2.45, 2.75) is 105 Å². The number of hydrogen-bond donors (Lipinski definition) is 2. The van der Waals surface area contributed by atoms with Crippen LogP contribution in [0.3, 0.4) is 0 Å². The van der Waals surface area contributed by atoms with E-state index < -0.39 is 0 Å². The first-order valence-electron chi connectivity index (χ1n) is 16.7. The second-order valence-corrected chi connectivity index (χ2v) is 15.0. The summed E-state index contributed by atoms with van der Waals surface area (Å²) < 4.78 is 0. The van der Waals surface area contributed by atoms with Crippen LogP contribution >= 0.6 is 0 Å². The van der Waals surface area contributed by atoms with Crippen molar-refractivity contribution in [2.24, 2.45) is 21.8 Å². The number of rotatable bonds is 8. The van der Waals surface area contributed by atoms with Crippen molar-refractivity contribution < 1.29 is 4.79 Å². The van der Waals surface area contributed by atoms with E-state index in [2.05, 4.69) is 92.4 Å². The fraction of sp³-hybridized carbons (Fsp3) is 0.541. The number of hydrogen-bond acceptors (Lipinski definition) is 4. The molecule has 2 amide bonds. The van der Waals surface area contributed by atoms with Crippen molar-refractivity contribution in [1.29, 1.82) is 0 Å². The van der Waals surface area contributed by atoms with Crippen LogP contribution in [0.15, 0.2) is 60.0 Å². The van der Waals surface area contributed by atoms with Crippen molar-refractivity contribution in [1.82, 2.24) is 15.0 Å². The summed E-state index contributed by atoms with van der Waals surface area (Å²) in [4.78, 5) is 24.3. The molecule has 6 rings (SSSR count). The van der Waals surface area contributed by atoms with E-state index in [1.807, 2.05) is 16.1 Å². The summed E-state index contributed by atoms with van der Waals surface area (Å²) in [7, 11) is 0. The number of nitrogens with one attached hydrogen (secondary N) is 2. The fourth-order valence-corrected chi connectivity index (χ4v) is 8.24. The van der Waals surface area contributed by atoms with Gasteiger partial charge in [0.2, 0.25) is 0 Å². The van der Waals surface area contributed by atoms with E-state index in [-0.39, 0.29) is 22.9 Å². The van der Waals surface area contributed by atoms with Gasteiger partial charge in [-0.1, -0.05) is 59.1 Å². The highest BCUT2D eigenvalue weighted by Gasteiger charge is 2.45. The van der Waals surface area contributed by atoms with Crippen LogP contribution in [0.5, 0.6) is 0 Å². The SMILES string of the molecule is Cc1ccc2c(c1)N(c1ccc(NCCCc3ncc[nH]3)cc1)C(=O)N(C1CC(C)(C)CC(C)(C)C1)N=C2C1CCCCC1. The largest absolute Gasteiger partial charge is 0.385 e. The minimum Gasteiger partial charge on any atom is -0.385 e. The van der Waals surface area contributed by atoms with Gasteiger partial charge in [-0.15, -0.1) is 0 Å². The number of carbonyl (C=O) groups excluding carboxylic acids is 1. The number of H-pyrrole nitrogens is 1. The summed E-state index contributed by atoms with van der Waals surface area (Å²) in [6.45, 7) is 12.4. The normalized spacial score (nSPS) is 20.7. The van der Waals surface area contributed by atoms with Gasteiger partial charge in [-0.2, -0.15) is 5.10 Å². The topological polar surface area (TPSA) is 76.6 Å². The van der Waals surface area contributed by atoms with Crippen LogP contribution < -0.4 is 10.2 Å². The molecule has 0 unspecified atom stereocenters. The van der Waals surface area contributed by atoms with E-state index in [0.29, 0.717) is 5.92 Å². The van der Waals surface area contributed by atoms with E-state index in [9.17, 15) is 4.79 Å². The third kappa shape index (κ3) is 6.72. The molecule has 3 aliphatic rings. The molecule has 2 fully saturated rings. The maximum atomic E-state index is 14.9. The first kappa shape index (κ1) is 30.4. The molecule has 2 aliphatic carbocycles. The van der Waals surface area contributed by atoms with E-state index in [0.717, 1.165) is 91.2 Å². The molecule has 7 nitrogen and oxygen atoms in total. The van der Waals surface area contributed by atoms with Crippen molar-refractivity contribution in [3.8, 4) is 0 Å². The first-order chi connectivity index (χ1) is 21.1. The number of aromatic amines is 1. The van der Waals surface area contributed by atoms with Crippen molar-refractivity contribution in [3.05, 3.63) is 71.8 Å². The Balaban J connectivity index is 1.35. The second-order valence-electron chi connectivity index (χ2n) is 15.0. The predicted octanol–water partition coefficient (Wildman–Crippen LogP) is 9.23. The summed E-state index contributed by atoms with van der Waals surface area (Å²) in [6, 6.07) is 14.9. The number of aromatic nitrogens is 2. The predicted molar refractivity (Wildman–Crippen MR) is 181 cm³/mol. The lowest BCUT2D eigenvalue weighted by Gasteiger charge is -2.47. The van der Waals surface area contributed by atoms with Crippen molar-refractivity contribution >= 4 is 28.8 Å². The number of amides is 2. The number of fused-ring (bicyclic) bond motifs is 1. The van der Waals surface area contributed by atoms with Gasteiger partial charge in [-0.3, -0.25) is 4.90 Å². The fourth-order valence-electron chi connectivity index (χ4n) is 8.24. The molecule has 2 N–H and O–H groups in total. The van der Waals surface area contributed by atoms with Gasteiger partial charge >= 0.3 is 6.03 Å². The number of carbonyl (C=O) groups is 1. The maximum Gasteiger partial charge on any atom is 0.349 e. The van der Waals surface area contributed by atoms with Crippen LogP contribution in [0.25, 0.3) is 0 Å². The van der Waals surface area contributed by atoms with Gasteiger partial charge in [0, 0.05) is 42.5 Å². The standard InChI is InChI=1S/C37H50N6O/c1-26-13-18-31-32(22-26)42(29-16-14-28(15-17-29)38-19-9-12-33-39-20-21-40-33)35(44)43(41-34(31)27-10-7-6-8-11-27)30-23-36(2,3)25-37(4,5)24-30/h13-18,20-22,27,30,38H,6-12,19,23-25H2,1-5H3,(H,39,40). The van der Waals surface area contributed by atoms with E-state index in [4.69, 9.17) is 5.10 Å². The third-order valence-corrected chi connectivity index (χ3v) is 9.74. The van der Waals surface area contributed by atoms with Gasteiger partial charge in [0.1, 0.15) is 5.82 Å². The molecule has 2 aromatic carbocycles. The number of hydrazone groups is 1. The van der Waals surface area contributed by atoms with Gasteiger partial charge in [0.15, 0.2) is 0 Å². The van der Waals surface area contributed by atoms with Gasteiger partial charge in [-0.25, -0.2) is 14.8 Å². The molecule has 0 radical (unpaired) electrons. The zero-order chi connectivity index (χ0) is 30.9. The van der Waals surface area contributed by atoms with Crippen LogP contribution in [0, 0.1) is 23.7 Å². The third-order valence-electron chi connectivity index (χ3n) is 9.74. The molecule has 0 spiro atoms. The lowest BCUT2D eigenvalue weighted by Crippen LogP contribution is -2.49. The Morgan fingerprint density at radius 3 is 2.39 bits per heavy atom. The molecule has 0 saturated heterocycles. The molecule has 1 aromatic heterocycles. The number of anilines is 3. The molecule has 0 bridgehead atoms. The van der Waals surface area contributed by atoms with E-state index >= 15 is 0 Å². The Morgan fingerprint density at radius 1 is 0.977 bits per heavy atom. The molecule has 7 heteroatoms. The van der Waals surface area contributed by atoms with Crippen molar-refractivity contribution in [3.63, 3.8) is 0 Å². The van der Waals surface area contributed by atoms with Gasteiger partial charge in [0.05, 0.1) is 23.1 Å². The highest BCUT2D eigenvalue weighted by atomic mass is 16.2. The molecule has 44 heavy (non-hydrogen) atoms. The Hall–Kier alpha value is -3.61. The van der Waals surface area contributed by atoms with Gasteiger partial charge in [-0.05, 0) is 92.2 Å². The van der Waals surface area contributed by atoms with E-state index in [1.165, 1.54) is 19.3 Å². The summed E-state index contributed by atoms with van der Waals surface area (Å²) in [6.07, 6.45) is 14.6. The molecule has 234 valence electrons. The average Bonchev–Trinajstić information content (AvgIpc) is 3.46. The zero-order valence-corrected chi connectivity index (χ0v) is 27.3. The summed E-state index contributed by atoms with van der Waals surface area (Å²) >= 11 is 0. The number of imidazole rings is 1. The lowest BCUT2D eigenvalue weighted by atomic mass is 9.63. The van der Waals surface area contributed by atoms with E-state index in [1.54, 1.807) is 6.20 Å². The summed E-state index contributed by atoms with van der Waals surface area (Å²) in [5.74, 6) is 1.39. The Kier molecular flexibility index (Phi) is 8.58. The molecule has 0 atom stereocenters. The molecular weight excluding hydrogens is 544 g/mol. The Bertz CT molecular complexity index is 1450.